The second-order valence-electron chi connectivity index (χ2n) is 6.26. The molecule has 2 amide bonds. The highest BCUT2D eigenvalue weighted by molar-refractivity contribution is 7.15. The molecule has 0 fully saturated rings. The number of amides is 2. The fourth-order valence-electron chi connectivity index (χ4n) is 2.49. The van der Waals surface area contributed by atoms with Crippen LogP contribution in [0.3, 0.4) is 0 Å². The minimum atomic E-state index is -0.439. The molecule has 2 aromatic rings. The van der Waals surface area contributed by atoms with E-state index < -0.39 is 11.7 Å². The smallest absolute Gasteiger partial charge is 0.251 e. The van der Waals surface area contributed by atoms with E-state index in [2.05, 4.69) is 27.8 Å². The lowest BCUT2D eigenvalue weighted by atomic mass is 10.1. The summed E-state index contributed by atoms with van der Waals surface area (Å²) in [7, 11) is 0. The van der Waals surface area contributed by atoms with Gasteiger partial charge in [0, 0.05) is 12.0 Å². The van der Waals surface area contributed by atoms with E-state index in [1.807, 2.05) is 0 Å². The number of aryl methyl sites for hydroxylation is 1. The van der Waals surface area contributed by atoms with E-state index >= 15 is 0 Å². The SMILES string of the molecule is CCCCCCCCc1nnc(NC(=O)CNC(=O)c2ccc(F)cc2)s1. The van der Waals surface area contributed by atoms with Crippen molar-refractivity contribution in [2.45, 2.75) is 51.9 Å². The molecular formula is C19H25FN4O2S. The topological polar surface area (TPSA) is 84.0 Å². The van der Waals surface area contributed by atoms with Crippen molar-refractivity contribution < 1.29 is 14.0 Å². The quantitative estimate of drug-likeness (QED) is 0.567. The second kappa shape index (κ2) is 11.4. The fraction of sp³-hybridized carbons (Fsp3) is 0.474. The van der Waals surface area contributed by atoms with Crippen molar-refractivity contribution in [2.75, 3.05) is 11.9 Å². The molecule has 0 saturated carbocycles. The summed E-state index contributed by atoms with van der Waals surface area (Å²) in [5.74, 6) is -1.24. The third kappa shape index (κ3) is 7.82. The molecule has 0 saturated heterocycles. The average Bonchev–Trinajstić information content (AvgIpc) is 3.10. The molecule has 2 N–H and O–H groups in total. The first kappa shape index (κ1) is 21.0. The molecule has 0 aliphatic heterocycles. The number of hydrogen-bond acceptors (Lipinski definition) is 5. The fourth-order valence-corrected chi connectivity index (χ4v) is 3.29. The lowest BCUT2D eigenvalue weighted by Crippen LogP contribution is -2.32. The summed E-state index contributed by atoms with van der Waals surface area (Å²) >= 11 is 1.35. The molecule has 146 valence electrons. The van der Waals surface area contributed by atoms with Gasteiger partial charge in [0.05, 0.1) is 6.54 Å². The largest absolute Gasteiger partial charge is 0.343 e. The molecule has 0 unspecified atom stereocenters. The summed E-state index contributed by atoms with van der Waals surface area (Å²) in [5.41, 5.74) is 0.293. The molecular weight excluding hydrogens is 367 g/mol. The predicted octanol–water partition coefficient (Wildman–Crippen LogP) is 3.95. The van der Waals surface area contributed by atoms with E-state index in [4.69, 9.17) is 0 Å². The highest BCUT2D eigenvalue weighted by Gasteiger charge is 2.11. The maximum absolute atomic E-state index is 12.8. The van der Waals surface area contributed by atoms with Gasteiger partial charge < -0.3 is 5.32 Å². The number of halogens is 1. The third-order valence-corrected chi connectivity index (χ3v) is 4.87. The number of hydrogen-bond donors (Lipinski definition) is 2. The van der Waals surface area contributed by atoms with Crippen LogP contribution in [0.1, 0.15) is 60.8 Å². The second-order valence-corrected chi connectivity index (χ2v) is 7.32. The van der Waals surface area contributed by atoms with Crippen LogP contribution in [-0.4, -0.2) is 28.6 Å². The van der Waals surface area contributed by atoms with Crippen LogP contribution in [-0.2, 0) is 11.2 Å². The molecule has 1 heterocycles. The lowest BCUT2D eigenvalue weighted by Gasteiger charge is -2.04. The number of nitrogens with one attached hydrogen (secondary N) is 2. The first-order valence-electron chi connectivity index (χ1n) is 9.24. The molecule has 0 aliphatic rings. The van der Waals surface area contributed by atoms with Crippen molar-refractivity contribution in [3.8, 4) is 0 Å². The van der Waals surface area contributed by atoms with Crippen molar-refractivity contribution in [2.24, 2.45) is 0 Å². The van der Waals surface area contributed by atoms with Crippen molar-refractivity contribution in [1.82, 2.24) is 15.5 Å². The van der Waals surface area contributed by atoms with Crippen LogP contribution in [0.25, 0.3) is 0 Å². The van der Waals surface area contributed by atoms with Gasteiger partial charge in [0.25, 0.3) is 5.91 Å². The Labute approximate surface area is 162 Å². The molecule has 2 rings (SSSR count). The summed E-state index contributed by atoms with van der Waals surface area (Å²) in [4.78, 5) is 23.8. The number of rotatable bonds is 11. The first-order chi connectivity index (χ1) is 13.1. The van der Waals surface area contributed by atoms with Gasteiger partial charge in [-0.15, -0.1) is 10.2 Å². The third-order valence-electron chi connectivity index (χ3n) is 3.97. The molecule has 6 nitrogen and oxygen atoms in total. The number of unbranched alkanes of at least 4 members (excludes halogenated alkanes) is 5. The van der Waals surface area contributed by atoms with E-state index in [1.54, 1.807) is 0 Å². The van der Waals surface area contributed by atoms with Crippen LogP contribution in [0, 0.1) is 5.82 Å². The zero-order valence-corrected chi connectivity index (χ0v) is 16.3. The van der Waals surface area contributed by atoms with Gasteiger partial charge in [-0.1, -0.05) is 50.4 Å². The van der Waals surface area contributed by atoms with Gasteiger partial charge in [0.2, 0.25) is 11.0 Å². The van der Waals surface area contributed by atoms with Crippen LogP contribution in [0.15, 0.2) is 24.3 Å². The Kier molecular flexibility index (Phi) is 8.83. The number of carbonyl (C=O) groups is 2. The highest BCUT2D eigenvalue weighted by Crippen LogP contribution is 2.18. The van der Waals surface area contributed by atoms with Gasteiger partial charge in [-0.25, -0.2) is 4.39 Å². The van der Waals surface area contributed by atoms with Crippen LogP contribution >= 0.6 is 11.3 Å². The molecule has 0 spiro atoms. The van der Waals surface area contributed by atoms with E-state index in [1.165, 1.54) is 67.7 Å². The number of aromatic nitrogens is 2. The van der Waals surface area contributed by atoms with Crippen LogP contribution in [0.5, 0.6) is 0 Å². The van der Waals surface area contributed by atoms with Gasteiger partial charge in [0.1, 0.15) is 10.8 Å². The molecule has 0 bridgehead atoms. The van der Waals surface area contributed by atoms with Gasteiger partial charge in [-0.2, -0.15) is 0 Å². The maximum atomic E-state index is 12.8. The highest BCUT2D eigenvalue weighted by atomic mass is 32.1. The maximum Gasteiger partial charge on any atom is 0.251 e. The monoisotopic (exact) mass is 392 g/mol. The Hall–Kier alpha value is -2.35. The number of anilines is 1. The van der Waals surface area contributed by atoms with Crippen molar-refractivity contribution in [3.05, 3.63) is 40.7 Å². The van der Waals surface area contributed by atoms with Crippen LogP contribution < -0.4 is 10.6 Å². The Balaban J connectivity index is 1.67. The summed E-state index contributed by atoms with van der Waals surface area (Å²) in [6.45, 7) is 2.01. The van der Waals surface area contributed by atoms with E-state index in [-0.39, 0.29) is 12.5 Å². The van der Waals surface area contributed by atoms with Crippen LogP contribution in [0.2, 0.25) is 0 Å². The Morgan fingerprint density at radius 3 is 2.48 bits per heavy atom. The van der Waals surface area contributed by atoms with Gasteiger partial charge in [-0.05, 0) is 30.7 Å². The normalized spacial score (nSPS) is 10.6. The Bertz CT molecular complexity index is 734. The van der Waals surface area contributed by atoms with Gasteiger partial charge in [0.15, 0.2) is 0 Å². The average molecular weight is 393 g/mol. The molecule has 0 atom stereocenters. The molecule has 27 heavy (non-hydrogen) atoms. The minimum Gasteiger partial charge on any atom is -0.343 e. The molecule has 1 aromatic carbocycles. The first-order valence-corrected chi connectivity index (χ1v) is 10.1. The van der Waals surface area contributed by atoms with Crippen LogP contribution in [0.4, 0.5) is 9.52 Å². The summed E-state index contributed by atoms with van der Waals surface area (Å²) < 4.78 is 12.8. The van der Waals surface area contributed by atoms with Crippen molar-refractivity contribution >= 4 is 28.3 Å². The van der Waals surface area contributed by atoms with E-state index in [0.29, 0.717) is 10.7 Å². The zero-order valence-electron chi connectivity index (χ0n) is 15.5. The number of carbonyl (C=O) groups excluding carboxylic acids is 2. The minimum absolute atomic E-state index is 0.192. The van der Waals surface area contributed by atoms with Crippen molar-refractivity contribution in [1.29, 1.82) is 0 Å². The number of benzene rings is 1. The summed E-state index contributed by atoms with van der Waals surface area (Å²) in [6, 6.07) is 5.12. The summed E-state index contributed by atoms with van der Waals surface area (Å²) in [5, 5.41) is 14.5. The Morgan fingerprint density at radius 1 is 1.04 bits per heavy atom. The Morgan fingerprint density at radius 2 is 1.74 bits per heavy atom. The van der Waals surface area contributed by atoms with Gasteiger partial charge >= 0.3 is 0 Å². The molecule has 0 aliphatic carbocycles. The summed E-state index contributed by atoms with van der Waals surface area (Å²) in [6.07, 6.45) is 8.15. The van der Waals surface area contributed by atoms with Crippen molar-refractivity contribution in [3.63, 3.8) is 0 Å². The van der Waals surface area contributed by atoms with Gasteiger partial charge in [-0.3, -0.25) is 14.9 Å². The predicted molar refractivity (Wildman–Crippen MR) is 104 cm³/mol. The van der Waals surface area contributed by atoms with E-state index in [0.717, 1.165) is 17.8 Å². The number of nitrogens with zero attached hydrogens (tertiary/aromatic N) is 2. The standard InChI is InChI=1S/C19H25FN4O2S/c1-2-3-4-5-6-7-8-17-23-24-19(27-17)22-16(25)13-21-18(26)14-9-11-15(20)12-10-14/h9-12H,2-8,13H2,1H3,(H,21,26)(H,22,24,25). The van der Waals surface area contributed by atoms with E-state index in [9.17, 15) is 14.0 Å². The molecule has 8 heteroatoms. The zero-order chi connectivity index (χ0) is 19.5. The molecule has 0 radical (unpaired) electrons. The molecule has 1 aromatic heterocycles. The lowest BCUT2D eigenvalue weighted by molar-refractivity contribution is -0.115.